The van der Waals surface area contributed by atoms with Crippen LogP contribution in [0.2, 0.25) is 0 Å². The van der Waals surface area contributed by atoms with Gasteiger partial charge in [0.1, 0.15) is 6.54 Å². The summed E-state index contributed by atoms with van der Waals surface area (Å²) in [7, 11) is 1.20. The monoisotopic (exact) mass is 322 g/mol. The van der Waals surface area contributed by atoms with Crippen LogP contribution in [0.4, 0.5) is 13.2 Å². The van der Waals surface area contributed by atoms with E-state index in [2.05, 4.69) is 20.3 Å². The fourth-order valence-corrected chi connectivity index (χ4v) is 2.29. The smallest absolute Gasteiger partial charge is 0.408 e. The van der Waals surface area contributed by atoms with Crippen molar-refractivity contribution in [2.45, 2.75) is 23.6 Å². The van der Waals surface area contributed by atoms with Crippen LogP contribution in [0.1, 0.15) is 16.1 Å². The highest BCUT2D eigenvalue weighted by Crippen LogP contribution is 2.25. The average molecular weight is 322 g/mol. The SMILES string of the molecule is COC(=O)c1occc1CSc1nnnn1CC(F)(F)F. The molecule has 21 heavy (non-hydrogen) atoms. The molecule has 114 valence electrons. The number of nitrogens with zero attached hydrogens (tertiary/aromatic N) is 4. The first-order valence-electron chi connectivity index (χ1n) is 5.51. The molecule has 11 heteroatoms. The lowest BCUT2D eigenvalue weighted by atomic mass is 10.3. The van der Waals surface area contributed by atoms with Crippen LogP contribution in [-0.4, -0.2) is 39.5 Å². The number of tetrazole rings is 1. The van der Waals surface area contributed by atoms with Gasteiger partial charge in [-0.25, -0.2) is 9.48 Å². The second kappa shape index (κ2) is 6.16. The standard InChI is InChI=1S/C10H9F3N4O3S/c1-19-8(18)7-6(2-3-20-7)4-21-9-14-15-16-17(9)5-10(11,12)13/h2-3H,4-5H2,1H3. The number of hydrogen-bond acceptors (Lipinski definition) is 7. The lowest BCUT2D eigenvalue weighted by molar-refractivity contribution is -0.144. The summed E-state index contributed by atoms with van der Waals surface area (Å²) in [6, 6.07) is 1.52. The molecule has 0 atom stereocenters. The number of ether oxygens (including phenoxy) is 1. The Labute approximate surface area is 120 Å². The lowest BCUT2D eigenvalue weighted by Crippen LogP contribution is -2.19. The number of alkyl halides is 3. The van der Waals surface area contributed by atoms with Crippen molar-refractivity contribution in [3.63, 3.8) is 0 Å². The van der Waals surface area contributed by atoms with E-state index in [0.29, 0.717) is 10.2 Å². The maximum Gasteiger partial charge on any atom is 0.408 e. The molecule has 0 aliphatic carbocycles. The topological polar surface area (TPSA) is 83.0 Å². The number of carbonyl (C=O) groups is 1. The van der Waals surface area contributed by atoms with Crippen LogP contribution < -0.4 is 0 Å². The van der Waals surface area contributed by atoms with Gasteiger partial charge < -0.3 is 9.15 Å². The Bertz CT molecular complexity index is 625. The molecule has 0 amide bonds. The molecular formula is C10H9F3N4O3S. The summed E-state index contributed by atoms with van der Waals surface area (Å²) in [5.41, 5.74) is 0.480. The van der Waals surface area contributed by atoms with E-state index in [1.54, 1.807) is 0 Å². The molecule has 0 fully saturated rings. The van der Waals surface area contributed by atoms with Crippen molar-refractivity contribution in [1.82, 2.24) is 20.2 Å². The normalized spacial score (nSPS) is 11.6. The molecule has 7 nitrogen and oxygen atoms in total. The Morgan fingerprint density at radius 3 is 2.95 bits per heavy atom. The number of aromatic nitrogens is 4. The van der Waals surface area contributed by atoms with Gasteiger partial charge in [-0.3, -0.25) is 0 Å². The van der Waals surface area contributed by atoms with Crippen LogP contribution >= 0.6 is 11.8 Å². The molecule has 0 radical (unpaired) electrons. The number of rotatable bonds is 5. The van der Waals surface area contributed by atoms with Gasteiger partial charge in [0, 0.05) is 11.3 Å². The van der Waals surface area contributed by atoms with E-state index >= 15 is 0 Å². The van der Waals surface area contributed by atoms with Crippen molar-refractivity contribution < 1.29 is 27.1 Å². The molecule has 2 aromatic rings. The molecule has 0 aliphatic heterocycles. The maximum atomic E-state index is 12.3. The summed E-state index contributed by atoms with van der Waals surface area (Å²) in [4.78, 5) is 11.4. The molecule has 0 saturated heterocycles. The predicted octanol–water partition coefficient (Wildman–Crippen LogP) is 1.91. The predicted molar refractivity (Wildman–Crippen MR) is 63.5 cm³/mol. The largest absolute Gasteiger partial charge is 0.463 e. The molecule has 0 aliphatic rings. The zero-order chi connectivity index (χ0) is 15.5. The van der Waals surface area contributed by atoms with Crippen LogP contribution in [0.3, 0.4) is 0 Å². The van der Waals surface area contributed by atoms with Gasteiger partial charge in [0.15, 0.2) is 0 Å². The third-order valence-corrected chi connectivity index (χ3v) is 3.31. The number of halogens is 3. The Balaban J connectivity index is 2.06. The van der Waals surface area contributed by atoms with Crippen LogP contribution in [-0.2, 0) is 17.0 Å². The summed E-state index contributed by atoms with van der Waals surface area (Å²) >= 11 is 0.953. The van der Waals surface area contributed by atoms with E-state index in [4.69, 9.17) is 4.42 Å². The second-order valence-corrected chi connectivity index (χ2v) is 4.73. The minimum absolute atomic E-state index is 0.000143. The molecular weight excluding hydrogens is 313 g/mol. The fourth-order valence-electron chi connectivity index (χ4n) is 1.43. The Morgan fingerprint density at radius 1 is 1.52 bits per heavy atom. The third-order valence-electron chi connectivity index (χ3n) is 2.30. The number of furan rings is 1. The number of hydrogen-bond donors (Lipinski definition) is 0. The van der Waals surface area contributed by atoms with Gasteiger partial charge in [0.2, 0.25) is 10.9 Å². The minimum atomic E-state index is -4.42. The van der Waals surface area contributed by atoms with Crippen LogP contribution in [0.15, 0.2) is 21.9 Å². The van der Waals surface area contributed by atoms with Crippen LogP contribution in [0, 0.1) is 0 Å². The Hall–Kier alpha value is -2.04. The molecule has 2 heterocycles. The molecule has 0 saturated carbocycles. The molecule has 2 rings (SSSR count). The second-order valence-electron chi connectivity index (χ2n) is 3.79. The Kier molecular flexibility index (Phi) is 4.50. The highest BCUT2D eigenvalue weighted by Gasteiger charge is 2.30. The van der Waals surface area contributed by atoms with Gasteiger partial charge in [0.05, 0.1) is 13.4 Å². The number of methoxy groups -OCH3 is 1. The van der Waals surface area contributed by atoms with Crippen LogP contribution in [0.5, 0.6) is 0 Å². The van der Waals surface area contributed by atoms with Crippen molar-refractivity contribution in [2.24, 2.45) is 0 Å². The molecule has 0 N–H and O–H groups in total. The average Bonchev–Trinajstić information content (AvgIpc) is 3.02. The van der Waals surface area contributed by atoms with Gasteiger partial charge in [0.25, 0.3) is 0 Å². The van der Waals surface area contributed by atoms with E-state index in [1.807, 2.05) is 0 Å². The van der Waals surface area contributed by atoms with E-state index in [-0.39, 0.29) is 16.7 Å². The molecule has 0 aromatic carbocycles. The van der Waals surface area contributed by atoms with Gasteiger partial charge in [-0.15, -0.1) is 5.10 Å². The highest BCUT2D eigenvalue weighted by molar-refractivity contribution is 7.98. The number of thioether (sulfide) groups is 1. The summed E-state index contributed by atoms with van der Waals surface area (Å²) in [5, 5.41) is 9.98. The first kappa shape index (κ1) is 15.4. The first-order chi connectivity index (χ1) is 9.90. The fraction of sp³-hybridized carbons (Fsp3) is 0.400. The number of carbonyl (C=O) groups excluding carboxylic acids is 1. The first-order valence-corrected chi connectivity index (χ1v) is 6.49. The van der Waals surface area contributed by atoms with Gasteiger partial charge in [-0.1, -0.05) is 11.8 Å². The maximum absolute atomic E-state index is 12.3. The summed E-state index contributed by atoms with van der Waals surface area (Å²) in [5.74, 6) is -0.496. The van der Waals surface area contributed by atoms with Gasteiger partial charge in [-0.05, 0) is 16.5 Å². The van der Waals surface area contributed by atoms with Crippen LogP contribution in [0.25, 0.3) is 0 Å². The summed E-state index contributed by atoms with van der Waals surface area (Å²) < 4.78 is 47.1. The van der Waals surface area contributed by atoms with Crippen molar-refractivity contribution in [1.29, 1.82) is 0 Å². The quantitative estimate of drug-likeness (QED) is 0.614. The molecule has 0 unspecified atom stereocenters. The number of esters is 1. The third kappa shape index (κ3) is 3.97. The zero-order valence-corrected chi connectivity index (χ0v) is 11.4. The zero-order valence-electron chi connectivity index (χ0n) is 10.6. The van der Waals surface area contributed by atoms with E-state index < -0.39 is 18.7 Å². The van der Waals surface area contributed by atoms with Crippen molar-refractivity contribution in [3.8, 4) is 0 Å². The summed E-state index contributed by atoms with van der Waals surface area (Å²) in [6.45, 7) is -1.28. The van der Waals surface area contributed by atoms with E-state index in [1.165, 1.54) is 19.4 Å². The van der Waals surface area contributed by atoms with Crippen molar-refractivity contribution in [3.05, 3.63) is 23.7 Å². The highest BCUT2D eigenvalue weighted by atomic mass is 32.2. The Morgan fingerprint density at radius 2 is 2.29 bits per heavy atom. The van der Waals surface area contributed by atoms with Crippen molar-refractivity contribution >= 4 is 17.7 Å². The molecule has 0 spiro atoms. The lowest BCUT2D eigenvalue weighted by Gasteiger charge is -2.07. The van der Waals surface area contributed by atoms with E-state index in [0.717, 1.165) is 11.8 Å². The molecule has 2 aromatic heterocycles. The molecule has 0 bridgehead atoms. The van der Waals surface area contributed by atoms with Gasteiger partial charge >= 0.3 is 12.1 Å². The summed E-state index contributed by atoms with van der Waals surface area (Å²) in [6.07, 6.45) is -3.13. The van der Waals surface area contributed by atoms with Gasteiger partial charge in [-0.2, -0.15) is 13.2 Å². The van der Waals surface area contributed by atoms with Crippen molar-refractivity contribution in [2.75, 3.05) is 7.11 Å². The van der Waals surface area contributed by atoms with E-state index in [9.17, 15) is 18.0 Å². The minimum Gasteiger partial charge on any atom is -0.463 e.